The lowest BCUT2D eigenvalue weighted by Gasteiger charge is -2.42. The first-order valence-electron chi connectivity index (χ1n) is 16.1. The quantitative estimate of drug-likeness (QED) is 0.180. The van der Waals surface area contributed by atoms with Gasteiger partial charge >= 0.3 is 0 Å². The number of hydrogen-bond donors (Lipinski definition) is 2. The SMILES string of the molecule is COc1cc(N2CCC(N3CCN(C)CC3)CC2)ccc1Nc1ncc(P)c(Nc2ccc3nccnc3c2N(C)SC2CC2)n1. The van der Waals surface area contributed by atoms with Gasteiger partial charge in [-0.2, -0.15) is 4.98 Å². The van der Waals surface area contributed by atoms with Crippen molar-refractivity contribution in [2.45, 2.75) is 37.0 Å². The number of likely N-dealkylation sites (N-methyl/N-ethyl adjacent to an activating group) is 1. The van der Waals surface area contributed by atoms with Crippen LogP contribution in [-0.4, -0.2) is 102 Å². The largest absolute Gasteiger partial charge is 0.494 e. The van der Waals surface area contributed by atoms with E-state index in [1.54, 1.807) is 25.7 Å². The molecule has 242 valence electrons. The summed E-state index contributed by atoms with van der Waals surface area (Å²) in [7, 11) is 8.77. The molecule has 2 aromatic heterocycles. The van der Waals surface area contributed by atoms with Crippen LogP contribution in [-0.2, 0) is 0 Å². The number of nitrogens with zero attached hydrogens (tertiary/aromatic N) is 8. The predicted molar refractivity (Wildman–Crippen MR) is 194 cm³/mol. The molecule has 4 aromatic rings. The lowest BCUT2D eigenvalue weighted by molar-refractivity contribution is 0.0982. The van der Waals surface area contributed by atoms with Crippen molar-refractivity contribution in [3.63, 3.8) is 0 Å². The molecule has 2 saturated heterocycles. The molecule has 11 nitrogen and oxygen atoms in total. The van der Waals surface area contributed by atoms with E-state index in [0.29, 0.717) is 23.1 Å². The van der Waals surface area contributed by atoms with Crippen LogP contribution in [0.25, 0.3) is 11.0 Å². The molecule has 1 aliphatic carbocycles. The fraction of sp³-hybridized carbons (Fsp3) is 0.455. The van der Waals surface area contributed by atoms with E-state index in [1.807, 2.05) is 24.1 Å². The number of rotatable bonds is 10. The summed E-state index contributed by atoms with van der Waals surface area (Å²) in [4.78, 5) is 26.3. The highest BCUT2D eigenvalue weighted by Crippen LogP contribution is 2.43. The molecule has 4 heterocycles. The van der Waals surface area contributed by atoms with Gasteiger partial charge in [0.05, 0.1) is 29.7 Å². The normalized spacial score (nSPS) is 18.1. The van der Waals surface area contributed by atoms with Gasteiger partial charge in [-0.3, -0.25) is 14.9 Å². The molecule has 0 bridgehead atoms. The van der Waals surface area contributed by atoms with Crippen molar-refractivity contribution in [2.24, 2.45) is 0 Å². The lowest BCUT2D eigenvalue weighted by atomic mass is 10.0. The molecule has 0 radical (unpaired) electrons. The Morgan fingerprint density at radius 1 is 0.913 bits per heavy atom. The summed E-state index contributed by atoms with van der Waals surface area (Å²) in [6.07, 6.45) is 10.1. The van der Waals surface area contributed by atoms with Gasteiger partial charge in [-0.1, -0.05) is 9.24 Å². The number of piperidine rings is 1. The van der Waals surface area contributed by atoms with Gasteiger partial charge in [-0.05, 0) is 68.9 Å². The molecule has 13 heteroatoms. The van der Waals surface area contributed by atoms with Crippen LogP contribution in [0.15, 0.2) is 48.9 Å². The molecule has 1 saturated carbocycles. The van der Waals surface area contributed by atoms with Gasteiger partial charge in [0.15, 0.2) is 0 Å². The molecule has 1 unspecified atom stereocenters. The zero-order valence-electron chi connectivity index (χ0n) is 26.8. The number of benzene rings is 2. The van der Waals surface area contributed by atoms with Crippen LogP contribution < -0.4 is 29.9 Å². The second-order valence-electron chi connectivity index (χ2n) is 12.4. The molecule has 0 amide bonds. The maximum absolute atomic E-state index is 5.85. The Balaban J connectivity index is 1.06. The highest BCUT2D eigenvalue weighted by molar-refractivity contribution is 8.01. The van der Waals surface area contributed by atoms with Crippen molar-refractivity contribution in [2.75, 3.05) is 80.3 Å². The van der Waals surface area contributed by atoms with Gasteiger partial charge in [-0.25, -0.2) is 4.98 Å². The van der Waals surface area contributed by atoms with Crippen LogP contribution in [0.1, 0.15) is 25.7 Å². The van der Waals surface area contributed by atoms with Crippen molar-refractivity contribution in [1.82, 2.24) is 29.7 Å². The number of piperazine rings is 1. The third-order valence-electron chi connectivity index (χ3n) is 9.15. The Labute approximate surface area is 277 Å². The molecule has 0 spiro atoms. The number of anilines is 6. The smallest absolute Gasteiger partial charge is 0.229 e. The van der Waals surface area contributed by atoms with E-state index < -0.39 is 0 Å². The van der Waals surface area contributed by atoms with Crippen LogP contribution >= 0.6 is 21.2 Å². The summed E-state index contributed by atoms with van der Waals surface area (Å²) in [5.41, 5.74) is 5.62. The standard InChI is InChI=1S/C33H43N10OPS/c1-40-16-18-43(19-17-40)22-10-14-42(15-11-22)23-4-7-25(28(20-23)44-3)38-33-36-21-29(45)32(39-33)37-27-9-8-26-30(35-13-12-34-26)31(27)41(2)46-24-5-6-24/h4,7-9,12-13,20-22,24H,5-6,10-11,14-19,45H2,1-3H3,(H2,36,37,38,39). The number of methoxy groups -OCH3 is 1. The van der Waals surface area contributed by atoms with Crippen molar-refractivity contribution in [3.05, 3.63) is 48.9 Å². The Bertz CT molecular complexity index is 1670. The monoisotopic (exact) mass is 658 g/mol. The van der Waals surface area contributed by atoms with Crippen LogP contribution in [0.2, 0.25) is 0 Å². The van der Waals surface area contributed by atoms with Crippen molar-refractivity contribution < 1.29 is 4.74 Å². The number of nitrogens with one attached hydrogen (secondary N) is 2. The Kier molecular flexibility index (Phi) is 9.31. The molecule has 2 aromatic carbocycles. The van der Waals surface area contributed by atoms with Gasteiger partial charge < -0.3 is 29.5 Å². The maximum atomic E-state index is 5.85. The summed E-state index contributed by atoms with van der Waals surface area (Å²) in [5.74, 6) is 1.94. The molecule has 46 heavy (non-hydrogen) atoms. The van der Waals surface area contributed by atoms with E-state index in [2.05, 4.69) is 86.1 Å². The third-order valence-corrected chi connectivity index (χ3v) is 10.8. The van der Waals surface area contributed by atoms with E-state index in [0.717, 1.165) is 52.2 Å². The van der Waals surface area contributed by atoms with E-state index in [-0.39, 0.29) is 0 Å². The zero-order valence-corrected chi connectivity index (χ0v) is 28.8. The fourth-order valence-electron chi connectivity index (χ4n) is 6.35. The van der Waals surface area contributed by atoms with Crippen LogP contribution in [0.3, 0.4) is 0 Å². The van der Waals surface area contributed by atoms with Crippen LogP contribution in [0.5, 0.6) is 5.75 Å². The highest BCUT2D eigenvalue weighted by atomic mass is 32.2. The fourth-order valence-corrected chi connectivity index (χ4v) is 7.64. The topological polar surface area (TPSA) is 97.8 Å². The maximum Gasteiger partial charge on any atom is 0.229 e. The summed E-state index contributed by atoms with van der Waals surface area (Å²) in [6.45, 7) is 6.81. The van der Waals surface area contributed by atoms with Gasteiger partial charge in [0.25, 0.3) is 0 Å². The van der Waals surface area contributed by atoms with Crippen LogP contribution in [0, 0.1) is 0 Å². The second-order valence-corrected chi connectivity index (χ2v) is 14.4. The minimum atomic E-state index is 0.482. The van der Waals surface area contributed by atoms with Gasteiger partial charge in [0.2, 0.25) is 5.95 Å². The van der Waals surface area contributed by atoms with E-state index in [1.165, 1.54) is 57.5 Å². The first-order valence-corrected chi connectivity index (χ1v) is 17.5. The lowest BCUT2D eigenvalue weighted by Crippen LogP contribution is -2.52. The highest BCUT2D eigenvalue weighted by Gasteiger charge is 2.28. The van der Waals surface area contributed by atoms with E-state index in [9.17, 15) is 0 Å². The first kappa shape index (κ1) is 31.2. The molecular weight excluding hydrogens is 615 g/mol. The second kappa shape index (κ2) is 13.7. The number of ether oxygens (including phenoxy) is 1. The number of fused-ring (bicyclic) bond motifs is 1. The molecule has 3 fully saturated rings. The molecule has 7 rings (SSSR count). The first-order chi connectivity index (χ1) is 22.4. The minimum absolute atomic E-state index is 0.482. The summed E-state index contributed by atoms with van der Waals surface area (Å²) >= 11 is 1.84. The van der Waals surface area contributed by atoms with Gasteiger partial charge in [0.1, 0.15) is 17.1 Å². The Morgan fingerprint density at radius 3 is 2.43 bits per heavy atom. The summed E-state index contributed by atoms with van der Waals surface area (Å²) in [5, 5.41) is 8.47. The number of hydrogen-bond acceptors (Lipinski definition) is 12. The molecule has 2 N–H and O–H groups in total. The van der Waals surface area contributed by atoms with Crippen molar-refractivity contribution in [3.8, 4) is 5.75 Å². The average molecular weight is 659 g/mol. The minimum Gasteiger partial charge on any atom is -0.494 e. The molecule has 3 aliphatic rings. The molecular formula is C33H43N10OPS. The average Bonchev–Trinajstić information content (AvgIpc) is 3.90. The van der Waals surface area contributed by atoms with E-state index in [4.69, 9.17) is 9.72 Å². The van der Waals surface area contributed by atoms with E-state index >= 15 is 0 Å². The van der Waals surface area contributed by atoms with Crippen LogP contribution in [0.4, 0.5) is 34.5 Å². The van der Waals surface area contributed by atoms with Gasteiger partial charge in [-0.15, -0.1) is 0 Å². The van der Waals surface area contributed by atoms with Crippen molar-refractivity contribution >= 4 is 72.0 Å². The third kappa shape index (κ3) is 6.95. The Hall–Kier alpha value is -3.44. The molecule has 1 atom stereocenters. The van der Waals surface area contributed by atoms with Crippen molar-refractivity contribution in [1.29, 1.82) is 0 Å². The summed E-state index contributed by atoms with van der Waals surface area (Å²) in [6, 6.07) is 11.1. The number of aromatic nitrogens is 4. The molecule has 2 aliphatic heterocycles. The zero-order chi connectivity index (χ0) is 31.6. The van der Waals surface area contributed by atoms with Gasteiger partial charge in [0, 0.05) is 93.3 Å². The Morgan fingerprint density at radius 2 is 1.67 bits per heavy atom. The predicted octanol–water partition coefficient (Wildman–Crippen LogP) is 4.88. The summed E-state index contributed by atoms with van der Waals surface area (Å²) < 4.78 is 8.06.